The van der Waals surface area contributed by atoms with Crippen LogP contribution in [0.5, 0.6) is 0 Å². The largest absolute Gasteiger partial charge is 0.480 e. The Kier molecular flexibility index (Phi) is 7.22. The number of hydrogen-bond acceptors (Lipinski definition) is 5. The molecule has 1 aliphatic rings. The molecule has 0 aromatic heterocycles. The first-order chi connectivity index (χ1) is 7.37. The fraction of sp³-hybridized carbons (Fsp3) is 0.875. The Labute approximate surface area is 94.2 Å². The highest BCUT2D eigenvalue weighted by Gasteiger charge is 2.18. The molecular weight excluding hydrogens is 238 g/mol. The molecule has 96 valence electrons. The van der Waals surface area contributed by atoms with E-state index >= 15 is 0 Å². The molecule has 7 nitrogen and oxygen atoms in total. The number of aliphatic hydroxyl groups is 1. The third-order valence-electron chi connectivity index (χ3n) is 1.96. The molecule has 1 saturated heterocycles. The Hall–Kier alpha value is -0.700. The lowest BCUT2D eigenvalue weighted by Crippen LogP contribution is -2.40. The summed E-state index contributed by atoms with van der Waals surface area (Å²) in [5, 5.41) is 19.3. The summed E-state index contributed by atoms with van der Waals surface area (Å²) < 4.78 is 27.1. The van der Waals surface area contributed by atoms with Crippen molar-refractivity contribution in [3.63, 3.8) is 0 Å². The maximum absolute atomic E-state index is 10.3. The van der Waals surface area contributed by atoms with Gasteiger partial charge in [0.05, 0.1) is 12.4 Å². The van der Waals surface area contributed by atoms with E-state index in [0.717, 1.165) is 25.8 Å². The third-order valence-corrected chi connectivity index (χ3v) is 2.66. The van der Waals surface area contributed by atoms with E-state index in [9.17, 15) is 13.2 Å². The maximum atomic E-state index is 10.3. The van der Waals surface area contributed by atoms with Crippen LogP contribution in [0.1, 0.15) is 19.3 Å². The van der Waals surface area contributed by atoms with Gasteiger partial charge in [-0.05, 0) is 19.4 Å². The molecule has 8 heteroatoms. The first-order valence-electron chi connectivity index (χ1n) is 4.89. The van der Waals surface area contributed by atoms with Crippen molar-refractivity contribution in [1.82, 2.24) is 5.32 Å². The van der Waals surface area contributed by atoms with Crippen LogP contribution in [-0.4, -0.2) is 54.1 Å². The second kappa shape index (κ2) is 7.55. The van der Waals surface area contributed by atoms with Crippen LogP contribution >= 0.6 is 0 Å². The molecule has 1 atom stereocenters. The lowest BCUT2D eigenvalue weighted by molar-refractivity contribution is -0.140. The van der Waals surface area contributed by atoms with Crippen LogP contribution in [0.25, 0.3) is 0 Å². The summed E-state index contributed by atoms with van der Waals surface area (Å²) in [6.07, 6.45) is 2.95. The zero-order valence-electron chi connectivity index (χ0n) is 8.79. The van der Waals surface area contributed by atoms with Crippen LogP contribution in [0.15, 0.2) is 0 Å². The number of carbonyl (C=O) groups is 1. The Bertz CT molecular complexity index is 296. The third kappa shape index (κ3) is 8.60. The van der Waals surface area contributed by atoms with E-state index in [1.54, 1.807) is 0 Å². The number of hydrogen-bond donors (Lipinski definition) is 4. The van der Waals surface area contributed by atoms with Crippen molar-refractivity contribution in [2.24, 2.45) is 0 Å². The smallest absolute Gasteiger partial charge is 0.320 e. The molecule has 1 unspecified atom stereocenters. The minimum Gasteiger partial charge on any atom is -0.480 e. The average molecular weight is 255 g/mol. The molecule has 1 aliphatic heterocycles. The van der Waals surface area contributed by atoms with E-state index < -0.39 is 28.4 Å². The van der Waals surface area contributed by atoms with E-state index in [-0.39, 0.29) is 6.04 Å². The van der Waals surface area contributed by atoms with Gasteiger partial charge in [-0.3, -0.25) is 9.35 Å². The summed E-state index contributed by atoms with van der Waals surface area (Å²) >= 11 is 0. The molecule has 16 heavy (non-hydrogen) atoms. The Balaban J connectivity index is 0.000000293. The molecule has 0 spiro atoms. The molecule has 4 N–H and O–H groups in total. The minimum atomic E-state index is -3.92. The van der Waals surface area contributed by atoms with Gasteiger partial charge in [-0.2, -0.15) is 8.42 Å². The minimum absolute atomic E-state index is 0.279. The van der Waals surface area contributed by atoms with E-state index in [1.165, 1.54) is 0 Å². The van der Waals surface area contributed by atoms with E-state index in [2.05, 4.69) is 5.32 Å². The van der Waals surface area contributed by atoms with Gasteiger partial charge >= 0.3 is 5.97 Å². The van der Waals surface area contributed by atoms with E-state index in [0.29, 0.717) is 0 Å². The molecule has 0 aromatic rings. The van der Waals surface area contributed by atoms with Gasteiger partial charge in [0, 0.05) is 0 Å². The Morgan fingerprint density at radius 2 is 2.00 bits per heavy atom. The number of aliphatic hydroxyl groups excluding tert-OH is 1. The second-order valence-electron chi connectivity index (χ2n) is 3.35. The number of nitrogens with one attached hydrogen (secondary N) is 1. The molecule has 1 rings (SSSR count). The first kappa shape index (κ1) is 15.3. The zero-order valence-corrected chi connectivity index (χ0v) is 9.61. The molecule has 0 radical (unpaired) electrons. The molecule has 0 aliphatic carbocycles. The monoisotopic (exact) mass is 255 g/mol. The normalized spacial score (nSPS) is 20.8. The van der Waals surface area contributed by atoms with Crippen molar-refractivity contribution in [1.29, 1.82) is 0 Å². The molecule has 0 bridgehead atoms. The van der Waals surface area contributed by atoms with Crippen molar-refractivity contribution < 1.29 is 28.0 Å². The van der Waals surface area contributed by atoms with Crippen molar-refractivity contribution >= 4 is 16.1 Å². The van der Waals surface area contributed by atoms with Crippen molar-refractivity contribution in [3.05, 3.63) is 0 Å². The summed E-state index contributed by atoms with van der Waals surface area (Å²) in [4.78, 5) is 10.3. The van der Waals surface area contributed by atoms with Crippen LogP contribution in [0.3, 0.4) is 0 Å². The highest BCUT2D eigenvalue weighted by molar-refractivity contribution is 7.85. The summed E-state index contributed by atoms with van der Waals surface area (Å²) in [5.41, 5.74) is 0. The van der Waals surface area contributed by atoms with Gasteiger partial charge in [-0.15, -0.1) is 0 Å². The predicted molar refractivity (Wildman–Crippen MR) is 56.8 cm³/mol. The lowest BCUT2D eigenvalue weighted by Gasteiger charge is -2.18. The highest BCUT2D eigenvalue weighted by atomic mass is 32.2. The molecule has 1 fully saturated rings. The van der Waals surface area contributed by atoms with Gasteiger partial charge in [-0.25, -0.2) is 0 Å². The van der Waals surface area contributed by atoms with Gasteiger partial charge in [0.1, 0.15) is 6.04 Å². The molecular formula is C8H17NO6S. The quantitative estimate of drug-likeness (QED) is 0.481. The van der Waals surface area contributed by atoms with Crippen molar-refractivity contribution in [3.8, 4) is 0 Å². The summed E-state index contributed by atoms with van der Waals surface area (Å²) in [6, 6.07) is -0.279. The van der Waals surface area contributed by atoms with Crippen molar-refractivity contribution in [2.75, 3.05) is 18.9 Å². The highest BCUT2D eigenvalue weighted by Crippen LogP contribution is 2.05. The van der Waals surface area contributed by atoms with Gasteiger partial charge in [-0.1, -0.05) is 6.42 Å². The molecule has 0 aromatic carbocycles. The molecule has 0 amide bonds. The number of aliphatic carboxylic acids is 1. The van der Waals surface area contributed by atoms with Crippen LogP contribution in [0.2, 0.25) is 0 Å². The van der Waals surface area contributed by atoms with Gasteiger partial charge in [0.25, 0.3) is 10.1 Å². The average Bonchev–Trinajstić information content (AvgIpc) is 2.18. The van der Waals surface area contributed by atoms with E-state index in [1.807, 2.05) is 0 Å². The first-order valence-corrected chi connectivity index (χ1v) is 6.50. The Morgan fingerprint density at radius 3 is 2.19 bits per heavy atom. The Morgan fingerprint density at radius 1 is 1.38 bits per heavy atom. The fourth-order valence-electron chi connectivity index (χ4n) is 1.18. The lowest BCUT2D eigenvalue weighted by atomic mass is 10.1. The van der Waals surface area contributed by atoms with Gasteiger partial charge < -0.3 is 15.5 Å². The number of carboxylic acid groups (broad SMARTS) is 1. The second-order valence-corrected chi connectivity index (χ2v) is 4.92. The molecule has 1 heterocycles. The summed E-state index contributed by atoms with van der Waals surface area (Å²) in [7, 11) is -3.92. The van der Waals surface area contributed by atoms with Crippen LogP contribution < -0.4 is 5.32 Å². The van der Waals surface area contributed by atoms with Crippen LogP contribution in [0, 0.1) is 0 Å². The number of carboxylic acids is 1. The summed E-state index contributed by atoms with van der Waals surface area (Å²) in [5.74, 6) is -1.29. The summed E-state index contributed by atoms with van der Waals surface area (Å²) in [6.45, 7) is 0.329. The number of rotatable bonds is 3. The van der Waals surface area contributed by atoms with Crippen LogP contribution in [-0.2, 0) is 14.9 Å². The maximum Gasteiger partial charge on any atom is 0.320 e. The van der Waals surface area contributed by atoms with Gasteiger partial charge in [0.15, 0.2) is 0 Å². The fourth-order valence-corrected chi connectivity index (χ4v) is 1.41. The predicted octanol–water partition coefficient (Wildman–Crippen LogP) is -0.920. The SMILES string of the molecule is O=C(O)C1CCCCN1.O=S(=O)(O)CCO. The van der Waals surface area contributed by atoms with E-state index in [4.69, 9.17) is 14.8 Å². The van der Waals surface area contributed by atoms with Crippen molar-refractivity contribution in [2.45, 2.75) is 25.3 Å². The standard InChI is InChI=1S/C6H11NO2.C2H6O4S/c8-6(9)5-3-1-2-4-7-5;3-1-2-7(4,5)6/h5,7H,1-4H2,(H,8,9);3H,1-2H2,(H,4,5,6). The molecule has 0 saturated carbocycles. The van der Waals surface area contributed by atoms with Crippen LogP contribution in [0.4, 0.5) is 0 Å². The number of piperidine rings is 1. The zero-order chi connectivity index (χ0) is 12.6. The topological polar surface area (TPSA) is 124 Å². The van der Waals surface area contributed by atoms with Gasteiger partial charge in [0.2, 0.25) is 0 Å².